The van der Waals surface area contributed by atoms with Crippen molar-refractivity contribution in [1.82, 2.24) is 10.2 Å². The lowest BCUT2D eigenvalue weighted by Gasteiger charge is -2.24. The highest BCUT2D eigenvalue weighted by molar-refractivity contribution is 5.80. The number of likely N-dealkylation sites (N-methyl/N-ethyl adjacent to an activating group) is 1. The summed E-state index contributed by atoms with van der Waals surface area (Å²) >= 11 is 0. The quantitative estimate of drug-likeness (QED) is 0.635. The zero-order valence-electron chi connectivity index (χ0n) is 11.7. The van der Waals surface area contributed by atoms with E-state index in [-0.39, 0.29) is 0 Å². The highest BCUT2D eigenvalue weighted by Gasteiger charge is 2.11. The van der Waals surface area contributed by atoms with E-state index in [0.717, 1.165) is 18.5 Å². The Kier molecular flexibility index (Phi) is 7.83. The molecule has 0 saturated carbocycles. The SMILES string of the molecule is CC(=CC(=O)O)CNC(CC(C)C)CN(C)C. The Hall–Kier alpha value is -0.870. The molecule has 0 aliphatic rings. The summed E-state index contributed by atoms with van der Waals surface area (Å²) in [6, 6.07) is 0.405. The summed E-state index contributed by atoms with van der Waals surface area (Å²) in [5.74, 6) is -0.242. The molecule has 0 spiro atoms. The first kappa shape index (κ1) is 16.1. The first-order valence-electron chi connectivity index (χ1n) is 6.09. The summed E-state index contributed by atoms with van der Waals surface area (Å²) in [6.07, 6.45) is 2.35. The third kappa shape index (κ3) is 10.0. The number of hydrogen-bond donors (Lipinski definition) is 2. The van der Waals surface area contributed by atoms with Crippen molar-refractivity contribution in [3.05, 3.63) is 11.6 Å². The molecule has 0 fully saturated rings. The lowest BCUT2D eigenvalue weighted by Crippen LogP contribution is -2.40. The molecule has 0 saturated heterocycles. The van der Waals surface area contributed by atoms with Crippen LogP contribution in [-0.4, -0.2) is 49.2 Å². The normalized spacial score (nSPS) is 14.4. The smallest absolute Gasteiger partial charge is 0.328 e. The fourth-order valence-electron chi connectivity index (χ4n) is 1.80. The fourth-order valence-corrected chi connectivity index (χ4v) is 1.80. The number of rotatable bonds is 8. The molecule has 1 atom stereocenters. The van der Waals surface area contributed by atoms with E-state index in [0.29, 0.717) is 18.5 Å². The van der Waals surface area contributed by atoms with Gasteiger partial charge in [-0.2, -0.15) is 0 Å². The van der Waals surface area contributed by atoms with E-state index in [9.17, 15) is 4.79 Å². The number of carboxylic acids is 1. The molecule has 0 rings (SSSR count). The highest BCUT2D eigenvalue weighted by atomic mass is 16.4. The molecule has 0 bridgehead atoms. The largest absolute Gasteiger partial charge is 0.478 e. The van der Waals surface area contributed by atoms with Gasteiger partial charge in [0.2, 0.25) is 0 Å². The van der Waals surface area contributed by atoms with Crippen LogP contribution in [0.1, 0.15) is 27.2 Å². The standard InChI is InChI=1S/C13H26N2O2/c1-10(2)6-12(9-15(4)5)14-8-11(3)7-13(16)17/h7,10,12,14H,6,8-9H2,1-5H3,(H,16,17). The minimum atomic E-state index is -0.877. The van der Waals surface area contributed by atoms with Crippen molar-refractivity contribution in [2.45, 2.75) is 33.2 Å². The molecule has 0 aromatic carbocycles. The molecule has 2 N–H and O–H groups in total. The molecule has 0 radical (unpaired) electrons. The summed E-state index contributed by atoms with van der Waals surface area (Å²) in [4.78, 5) is 12.6. The number of nitrogens with zero attached hydrogens (tertiary/aromatic N) is 1. The summed E-state index contributed by atoms with van der Waals surface area (Å²) in [5.41, 5.74) is 0.852. The lowest BCUT2D eigenvalue weighted by molar-refractivity contribution is -0.131. The first-order valence-corrected chi connectivity index (χ1v) is 6.09. The van der Waals surface area contributed by atoms with Crippen LogP contribution in [0.15, 0.2) is 11.6 Å². The average Bonchev–Trinajstić information content (AvgIpc) is 2.11. The predicted molar refractivity (Wildman–Crippen MR) is 71.2 cm³/mol. The second-order valence-electron chi connectivity index (χ2n) is 5.30. The molecular formula is C13H26N2O2. The fraction of sp³-hybridized carbons (Fsp3) is 0.769. The van der Waals surface area contributed by atoms with Gasteiger partial charge < -0.3 is 15.3 Å². The van der Waals surface area contributed by atoms with Crippen LogP contribution in [0.3, 0.4) is 0 Å². The van der Waals surface area contributed by atoms with Crippen molar-refractivity contribution in [2.75, 3.05) is 27.2 Å². The first-order chi connectivity index (χ1) is 7.81. The maximum absolute atomic E-state index is 10.5. The van der Waals surface area contributed by atoms with Crippen molar-refractivity contribution in [2.24, 2.45) is 5.92 Å². The van der Waals surface area contributed by atoms with Crippen molar-refractivity contribution in [3.63, 3.8) is 0 Å². The minimum absolute atomic E-state index is 0.405. The van der Waals surface area contributed by atoms with E-state index in [2.05, 4.69) is 38.2 Å². The molecule has 0 aliphatic heterocycles. The number of carboxylic acid groups (broad SMARTS) is 1. The van der Waals surface area contributed by atoms with Crippen LogP contribution in [0, 0.1) is 5.92 Å². The monoisotopic (exact) mass is 242 g/mol. The summed E-state index contributed by atoms with van der Waals surface area (Å²) in [6.45, 7) is 7.84. The van der Waals surface area contributed by atoms with Crippen molar-refractivity contribution in [1.29, 1.82) is 0 Å². The predicted octanol–water partition coefficient (Wildman–Crippen LogP) is 1.58. The Morgan fingerprint density at radius 2 is 2.00 bits per heavy atom. The van der Waals surface area contributed by atoms with Gasteiger partial charge in [0.15, 0.2) is 0 Å². The van der Waals surface area contributed by atoms with E-state index in [4.69, 9.17) is 5.11 Å². The van der Waals surface area contributed by atoms with Crippen molar-refractivity contribution < 1.29 is 9.90 Å². The molecular weight excluding hydrogens is 216 g/mol. The van der Waals surface area contributed by atoms with Crippen LogP contribution in [0.25, 0.3) is 0 Å². The number of hydrogen-bond acceptors (Lipinski definition) is 3. The van der Waals surface area contributed by atoms with Gasteiger partial charge in [-0.15, -0.1) is 0 Å². The Morgan fingerprint density at radius 1 is 1.41 bits per heavy atom. The second-order valence-corrected chi connectivity index (χ2v) is 5.30. The molecule has 0 aromatic rings. The molecule has 1 unspecified atom stereocenters. The zero-order valence-corrected chi connectivity index (χ0v) is 11.7. The van der Waals surface area contributed by atoms with Crippen LogP contribution in [-0.2, 0) is 4.79 Å². The van der Waals surface area contributed by atoms with Gasteiger partial charge in [-0.05, 0) is 33.4 Å². The highest BCUT2D eigenvalue weighted by Crippen LogP contribution is 2.06. The van der Waals surface area contributed by atoms with Crippen molar-refractivity contribution in [3.8, 4) is 0 Å². The van der Waals surface area contributed by atoms with E-state index >= 15 is 0 Å². The molecule has 4 heteroatoms. The summed E-state index contributed by atoms with van der Waals surface area (Å²) in [5, 5.41) is 12.0. The van der Waals surface area contributed by atoms with Crippen LogP contribution >= 0.6 is 0 Å². The van der Waals surface area contributed by atoms with Gasteiger partial charge in [0.05, 0.1) is 0 Å². The van der Waals surface area contributed by atoms with E-state index in [1.807, 2.05) is 6.92 Å². The average molecular weight is 242 g/mol. The summed E-state index contributed by atoms with van der Waals surface area (Å²) in [7, 11) is 4.10. The maximum Gasteiger partial charge on any atom is 0.328 e. The van der Waals surface area contributed by atoms with E-state index < -0.39 is 5.97 Å². The molecule has 0 heterocycles. The van der Waals surface area contributed by atoms with Crippen LogP contribution in [0.5, 0.6) is 0 Å². The van der Waals surface area contributed by atoms with Gasteiger partial charge in [-0.1, -0.05) is 19.4 Å². The molecule has 0 aliphatic carbocycles. The Morgan fingerprint density at radius 3 is 2.41 bits per heavy atom. The van der Waals surface area contributed by atoms with Crippen LogP contribution in [0.4, 0.5) is 0 Å². The van der Waals surface area contributed by atoms with E-state index in [1.165, 1.54) is 6.08 Å². The number of carbonyl (C=O) groups is 1. The Bertz CT molecular complexity index is 250. The van der Waals surface area contributed by atoms with Crippen molar-refractivity contribution >= 4 is 5.97 Å². The minimum Gasteiger partial charge on any atom is -0.478 e. The third-order valence-corrected chi connectivity index (χ3v) is 2.38. The molecule has 17 heavy (non-hydrogen) atoms. The van der Waals surface area contributed by atoms with E-state index in [1.54, 1.807) is 0 Å². The lowest BCUT2D eigenvalue weighted by atomic mass is 10.0. The van der Waals surface area contributed by atoms with Gasteiger partial charge in [-0.25, -0.2) is 4.79 Å². The molecule has 100 valence electrons. The molecule has 0 amide bonds. The Labute approximate surface area is 105 Å². The van der Waals surface area contributed by atoms with Gasteiger partial charge in [0, 0.05) is 25.2 Å². The van der Waals surface area contributed by atoms with Gasteiger partial charge >= 0.3 is 5.97 Å². The van der Waals surface area contributed by atoms with Gasteiger partial charge in [-0.3, -0.25) is 0 Å². The topological polar surface area (TPSA) is 52.6 Å². The molecule has 0 aromatic heterocycles. The second kappa shape index (κ2) is 8.25. The summed E-state index contributed by atoms with van der Waals surface area (Å²) < 4.78 is 0. The number of nitrogens with one attached hydrogen (secondary N) is 1. The van der Waals surface area contributed by atoms with Gasteiger partial charge in [0.25, 0.3) is 0 Å². The van der Waals surface area contributed by atoms with Crippen LogP contribution < -0.4 is 5.32 Å². The number of aliphatic carboxylic acids is 1. The third-order valence-electron chi connectivity index (χ3n) is 2.38. The maximum atomic E-state index is 10.5. The van der Waals surface area contributed by atoms with Crippen LogP contribution in [0.2, 0.25) is 0 Å². The molecule has 4 nitrogen and oxygen atoms in total. The van der Waals surface area contributed by atoms with Gasteiger partial charge in [0.1, 0.15) is 0 Å². The zero-order chi connectivity index (χ0) is 13.4. The Balaban J connectivity index is 4.19.